The third-order valence-corrected chi connectivity index (χ3v) is 2.70. The highest BCUT2D eigenvalue weighted by Gasteiger charge is 2.18. The van der Waals surface area contributed by atoms with Gasteiger partial charge in [-0.15, -0.1) is 0 Å². The smallest absolute Gasteiger partial charge is 0.328 e. The third kappa shape index (κ3) is 3.16. The zero-order chi connectivity index (χ0) is 13.9. The van der Waals surface area contributed by atoms with Crippen LogP contribution in [-0.2, 0) is 9.53 Å². The number of nitrogens with zero attached hydrogens (tertiary/aromatic N) is 1. The van der Waals surface area contributed by atoms with Crippen molar-refractivity contribution < 1.29 is 9.53 Å². The minimum Gasteiger partial charge on any atom is -0.467 e. The summed E-state index contributed by atoms with van der Waals surface area (Å²) in [5.41, 5.74) is 8.10. The first-order valence-electron chi connectivity index (χ1n) is 5.49. The Morgan fingerprint density at radius 1 is 1.56 bits per heavy atom. The Bertz CT molecular complexity index is 488. The lowest BCUT2D eigenvalue weighted by atomic mass is 10.1. The fourth-order valence-electron chi connectivity index (χ4n) is 1.69. The molecule has 18 heavy (non-hydrogen) atoms. The molecule has 98 valence electrons. The number of aryl methyl sites for hydroxylation is 2. The molecule has 1 rings (SSSR count). The molecule has 1 heterocycles. The molecule has 6 heteroatoms. The second-order valence-corrected chi connectivity index (χ2v) is 4.50. The normalized spacial score (nSPS) is 11.8. The molecule has 5 nitrogen and oxygen atoms in total. The van der Waals surface area contributed by atoms with Gasteiger partial charge in [-0.2, -0.15) is 0 Å². The molecule has 0 spiro atoms. The van der Waals surface area contributed by atoms with Gasteiger partial charge in [0.05, 0.1) is 12.7 Å². The summed E-state index contributed by atoms with van der Waals surface area (Å²) in [7, 11) is 1.34. The minimum absolute atomic E-state index is 0.250. The van der Waals surface area contributed by atoms with Gasteiger partial charge in [-0.1, -0.05) is 12.2 Å². The van der Waals surface area contributed by atoms with Crippen molar-refractivity contribution in [3.8, 4) is 0 Å². The Hall–Kier alpha value is -1.69. The van der Waals surface area contributed by atoms with Crippen molar-refractivity contribution in [3.63, 3.8) is 0 Å². The maximum Gasteiger partial charge on any atom is 0.328 e. The van der Waals surface area contributed by atoms with Crippen LogP contribution in [0.2, 0.25) is 0 Å². The van der Waals surface area contributed by atoms with E-state index in [4.69, 9.17) is 18.0 Å². The summed E-state index contributed by atoms with van der Waals surface area (Å²) in [5.74, 6) is 0.141. The van der Waals surface area contributed by atoms with Crippen molar-refractivity contribution >= 4 is 29.0 Å². The zero-order valence-electron chi connectivity index (χ0n) is 10.9. The average Bonchev–Trinajstić information content (AvgIpc) is 2.26. The number of nitrogens with two attached hydrogens (primary N) is 1. The number of nitrogens with one attached hydrogen (secondary N) is 1. The van der Waals surface area contributed by atoms with Crippen LogP contribution in [0.3, 0.4) is 0 Å². The lowest BCUT2D eigenvalue weighted by Gasteiger charge is -2.17. The van der Waals surface area contributed by atoms with Crippen LogP contribution >= 0.6 is 12.2 Å². The topological polar surface area (TPSA) is 77.2 Å². The molecular formula is C12H17N3O2S. The van der Waals surface area contributed by atoms with Gasteiger partial charge in [0.2, 0.25) is 0 Å². The Morgan fingerprint density at radius 2 is 2.17 bits per heavy atom. The van der Waals surface area contributed by atoms with Gasteiger partial charge < -0.3 is 15.8 Å². The van der Waals surface area contributed by atoms with E-state index in [2.05, 4.69) is 15.0 Å². The highest BCUT2D eigenvalue weighted by atomic mass is 32.1. The van der Waals surface area contributed by atoms with Crippen molar-refractivity contribution in [1.82, 2.24) is 4.98 Å². The van der Waals surface area contributed by atoms with Gasteiger partial charge in [-0.25, -0.2) is 9.78 Å². The van der Waals surface area contributed by atoms with Crippen LogP contribution in [-0.4, -0.2) is 29.1 Å². The van der Waals surface area contributed by atoms with E-state index in [1.807, 2.05) is 19.9 Å². The molecule has 0 radical (unpaired) electrons. The largest absolute Gasteiger partial charge is 0.467 e. The van der Waals surface area contributed by atoms with Crippen molar-refractivity contribution in [2.24, 2.45) is 5.73 Å². The Balaban J connectivity index is 3.15. The molecule has 0 bridgehead atoms. The lowest BCUT2D eigenvalue weighted by molar-refractivity contribution is -0.141. The van der Waals surface area contributed by atoms with E-state index in [1.54, 1.807) is 6.92 Å². The number of pyridine rings is 1. The summed E-state index contributed by atoms with van der Waals surface area (Å²) >= 11 is 5.01. The maximum atomic E-state index is 11.4. The first-order chi connectivity index (χ1) is 8.36. The molecule has 0 aliphatic heterocycles. The number of hydrogen-bond acceptors (Lipinski definition) is 5. The number of aromatic nitrogens is 1. The molecule has 1 atom stereocenters. The summed E-state index contributed by atoms with van der Waals surface area (Å²) in [6.45, 7) is 5.45. The second kappa shape index (κ2) is 5.77. The molecule has 0 fully saturated rings. The molecule has 0 saturated carbocycles. The van der Waals surface area contributed by atoms with Crippen molar-refractivity contribution in [2.45, 2.75) is 26.8 Å². The van der Waals surface area contributed by atoms with Gasteiger partial charge in [0.1, 0.15) is 16.8 Å². The number of hydrogen-bond donors (Lipinski definition) is 2. The van der Waals surface area contributed by atoms with Crippen LogP contribution < -0.4 is 11.1 Å². The highest BCUT2D eigenvalue weighted by molar-refractivity contribution is 7.80. The van der Waals surface area contributed by atoms with Gasteiger partial charge in [-0.05, 0) is 32.4 Å². The van der Waals surface area contributed by atoms with Crippen molar-refractivity contribution in [3.05, 3.63) is 22.9 Å². The van der Waals surface area contributed by atoms with Gasteiger partial charge in [0.15, 0.2) is 0 Å². The van der Waals surface area contributed by atoms with Crippen LogP contribution in [0.1, 0.15) is 23.7 Å². The molecule has 1 unspecified atom stereocenters. The predicted molar refractivity (Wildman–Crippen MR) is 74.7 cm³/mol. The molecular weight excluding hydrogens is 250 g/mol. The molecule has 0 saturated heterocycles. The predicted octanol–water partition coefficient (Wildman–Crippen LogP) is 1.31. The van der Waals surface area contributed by atoms with Crippen LogP contribution in [0.15, 0.2) is 6.07 Å². The lowest BCUT2D eigenvalue weighted by Crippen LogP contribution is -2.29. The highest BCUT2D eigenvalue weighted by Crippen LogP contribution is 2.19. The van der Waals surface area contributed by atoms with E-state index in [-0.39, 0.29) is 11.0 Å². The molecule has 0 aliphatic carbocycles. The zero-order valence-corrected chi connectivity index (χ0v) is 11.7. The number of ether oxygens (including phenoxy) is 1. The van der Waals surface area contributed by atoms with E-state index < -0.39 is 6.04 Å². The molecule has 1 aromatic heterocycles. The number of methoxy groups -OCH3 is 1. The first kappa shape index (κ1) is 14.4. The Kier molecular flexibility index (Phi) is 4.61. The standard InChI is InChI=1S/C12H17N3O2S/c1-6-5-7(2)14-11(9(6)10(13)18)15-8(3)12(16)17-4/h5,8H,1-4H3,(H2,13,18)(H,14,15). The summed E-state index contributed by atoms with van der Waals surface area (Å²) < 4.78 is 4.65. The molecule has 0 amide bonds. The van der Waals surface area contributed by atoms with E-state index in [1.165, 1.54) is 7.11 Å². The summed E-state index contributed by atoms with van der Waals surface area (Å²) in [6, 6.07) is 1.37. The summed E-state index contributed by atoms with van der Waals surface area (Å²) in [4.78, 5) is 16.0. The molecule has 0 aliphatic rings. The number of esters is 1. The average molecular weight is 267 g/mol. The molecule has 0 aromatic carbocycles. The van der Waals surface area contributed by atoms with Gasteiger partial charge >= 0.3 is 5.97 Å². The second-order valence-electron chi connectivity index (χ2n) is 4.06. The number of carbonyl (C=O) groups is 1. The monoisotopic (exact) mass is 267 g/mol. The van der Waals surface area contributed by atoms with Crippen molar-refractivity contribution in [1.29, 1.82) is 0 Å². The first-order valence-corrected chi connectivity index (χ1v) is 5.90. The molecule has 3 N–H and O–H groups in total. The minimum atomic E-state index is -0.517. The van der Waals surface area contributed by atoms with Gasteiger partial charge in [-0.3, -0.25) is 0 Å². The van der Waals surface area contributed by atoms with Gasteiger partial charge in [0, 0.05) is 5.69 Å². The summed E-state index contributed by atoms with van der Waals surface area (Å²) in [5, 5.41) is 2.97. The third-order valence-electron chi connectivity index (χ3n) is 2.50. The fourth-order valence-corrected chi connectivity index (χ4v) is 1.95. The Morgan fingerprint density at radius 3 is 2.67 bits per heavy atom. The van der Waals surface area contributed by atoms with Crippen LogP contribution in [0.25, 0.3) is 0 Å². The van der Waals surface area contributed by atoms with Crippen molar-refractivity contribution in [2.75, 3.05) is 12.4 Å². The number of anilines is 1. The summed E-state index contributed by atoms with van der Waals surface area (Å²) in [6.07, 6.45) is 0. The number of thiocarbonyl (C=S) groups is 1. The van der Waals surface area contributed by atoms with E-state index in [9.17, 15) is 4.79 Å². The fraction of sp³-hybridized carbons (Fsp3) is 0.417. The number of carbonyl (C=O) groups excluding carboxylic acids is 1. The SMILES string of the molecule is COC(=O)C(C)Nc1nc(C)cc(C)c1C(N)=S. The van der Waals surface area contributed by atoms with Crippen LogP contribution in [0, 0.1) is 13.8 Å². The Labute approximate surface area is 112 Å². The maximum absolute atomic E-state index is 11.4. The quantitative estimate of drug-likeness (QED) is 0.632. The van der Waals surface area contributed by atoms with Crippen LogP contribution in [0.4, 0.5) is 5.82 Å². The van der Waals surface area contributed by atoms with E-state index in [0.717, 1.165) is 11.3 Å². The van der Waals surface area contributed by atoms with Gasteiger partial charge in [0.25, 0.3) is 0 Å². The van der Waals surface area contributed by atoms with Crippen LogP contribution in [0.5, 0.6) is 0 Å². The van der Waals surface area contributed by atoms with E-state index >= 15 is 0 Å². The number of rotatable bonds is 4. The van der Waals surface area contributed by atoms with E-state index in [0.29, 0.717) is 11.4 Å². The molecule has 1 aromatic rings.